The van der Waals surface area contributed by atoms with E-state index in [2.05, 4.69) is 0 Å². The number of rotatable bonds is 4. The van der Waals surface area contributed by atoms with Gasteiger partial charge in [-0.2, -0.15) is 13.2 Å². The van der Waals surface area contributed by atoms with E-state index in [-0.39, 0.29) is 17.3 Å². The zero-order valence-electron chi connectivity index (χ0n) is 12.0. The van der Waals surface area contributed by atoms with Crippen LogP contribution in [0.5, 0.6) is 0 Å². The molecule has 0 aliphatic heterocycles. The molecular formula is C13H18F3NO3S. The lowest BCUT2D eigenvalue weighted by molar-refractivity contribution is -0.137. The molecule has 0 saturated heterocycles. The van der Waals surface area contributed by atoms with Gasteiger partial charge in [-0.05, 0) is 39.0 Å². The second-order valence-electron chi connectivity index (χ2n) is 5.53. The van der Waals surface area contributed by atoms with Crippen LogP contribution in [0.1, 0.15) is 26.3 Å². The number of hydrogen-bond acceptors (Lipinski definition) is 4. The van der Waals surface area contributed by atoms with Crippen LogP contribution in [0.25, 0.3) is 0 Å². The molecule has 8 heteroatoms. The predicted molar refractivity (Wildman–Crippen MR) is 73.6 cm³/mol. The molecule has 0 aromatic heterocycles. The van der Waals surface area contributed by atoms with Crippen molar-refractivity contribution in [1.29, 1.82) is 0 Å². The van der Waals surface area contributed by atoms with Gasteiger partial charge in [0.05, 0.1) is 34.1 Å². The Morgan fingerprint density at radius 1 is 1.19 bits per heavy atom. The van der Waals surface area contributed by atoms with Crippen molar-refractivity contribution in [3.63, 3.8) is 0 Å². The Morgan fingerprint density at radius 2 is 1.76 bits per heavy atom. The maximum atomic E-state index is 12.5. The van der Waals surface area contributed by atoms with Crippen molar-refractivity contribution in [3.05, 3.63) is 23.8 Å². The van der Waals surface area contributed by atoms with Gasteiger partial charge in [0.1, 0.15) is 0 Å². The molecule has 0 bridgehead atoms. The highest BCUT2D eigenvalue weighted by molar-refractivity contribution is 7.91. The number of sulfone groups is 1. The van der Waals surface area contributed by atoms with E-state index in [0.29, 0.717) is 12.1 Å². The zero-order valence-corrected chi connectivity index (χ0v) is 12.8. The van der Waals surface area contributed by atoms with E-state index in [1.807, 2.05) is 0 Å². The molecule has 0 heterocycles. The molecule has 1 aromatic rings. The number of alkyl halides is 3. The Morgan fingerprint density at radius 3 is 2.19 bits per heavy atom. The molecule has 4 nitrogen and oxygen atoms in total. The highest BCUT2D eigenvalue weighted by Crippen LogP contribution is 2.32. The van der Waals surface area contributed by atoms with Crippen LogP contribution in [0.15, 0.2) is 23.1 Å². The summed E-state index contributed by atoms with van der Waals surface area (Å²) in [6, 6.07) is 2.20. The summed E-state index contributed by atoms with van der Waals surface area (Å²) in [7, 11) is -3.79. The first-order chi connectivity index (χ1) is 9.33. The van der Waals surface area contributed by atoms with Crippen LogP contribution in [0, 0.1) is 0 Å². The van der Waals surface area contributed by atoms with Gasteiger partial charge in [0.2, 0.25) is 0 Å². The molecule has 0 aliphatic carbocycles. The van der Waals surface area contributed by atoms with E-state index in [1.54, 1.807) is 20.8 Å². The lowest BCUT2D eigenvalue weighted by Gasteiger charge is -2.19. The monoisotopic (exact) mass is 325 g/mol. The molecule has 21 heavy (non-hydrogen) atoms. The van der Waals surface area contributed by atoms with Crippen LogP contribution >= 0.6 is 0 Å². The molecule has 0 radical (unpaired) electrons. The topological polar surface area (TPSA) is 69.4 Å². The molecule has 0 atom stereocenters. The van der Waals surface area contributed by atoms with Gasteiger partial charge in [-0.15, -0.1) is 0 Å². The first-order valence-corrected chi connectivity index (χ1v) is 7.81. The van der Waals surface area contributed by atoms with Gasteiger partial charge >= 0.3 is 6.18 Å². The van der Waals surface area contributed by atoms with Crippen LogP contribution in [0.4, 0.5) is 18.9 Å². The fraction of sp³-hybridized carbons (Fsp3) is 0.538. The second-order valence-corrected chi connectivity index (χ2v) is 7.61. The summed E-state index contributed by atoms with van der Waals surface area (Å²) in [6.07, 6.45) is -4.56. The molecule has 0 amide bonds. The van der Waals surface area contributed by atoms with E-state index in [9.17, 15) is 21.6 Å². The SMILES string of the molecule is CC(C)(C)OCCS(=O)(=O)c1ccc(C(F)(F)F)cc1N. The average molecular weight is 325 g/mol. The van der Waals surface area contributed by atoms with Crippen LogP contribution in [0.3, 0.4) is 0 Å². The second kappa shape index (κ2) is 5.84. The summed E-state index contributed by atoms with van der Waals surface area (Å²) in [4.78, 5) is -0.312. The fourth-order valence-electron chi connectivity index (χ4n) is 1.58. The van der Waals surface area contributed by atoms with Crippen molar-refractivity contribution in [3.8, 4) is 0 Å². The maximum Gasteiger partial charge on any atom is 0.416 e. The number of ether oxygens (including phenoxy) is 1. The molecule has 0 aliphatic rings. The van der Waals surface area contributed by atoms with Gasteiger partial charge < -0.3 is 10.5 Å². The molecule has 0 spiro atoms. The summed E-state index contributed by atoms with van der Waals surface area (Å²) in [5, 5.41) is 0. The van der Waals surface area contributed by atoms with E-state index in [1.165, 1.54) is 0 Å². The zero-order chi connectivity index (χ0) is 16.5. The van der Waals surface area contributed by atoms with Gasteiger partial charge in [0.15, 0.2) is 9.84 Å². The third-order valence-electron chi connectivity index (χ3n) is 2.56. The number of nitrogen functional groups attached to an aromatic ring is 1. The summed E-state index contributed by atoms with van der Waals surface area (Å²) in [5.74, 6) is -0.347. The minimum Gasteiger partial charge on any atom is -0.398 e. The maximum absolute atomic E-state index is 12.5. The summed E-state index contributed by atoms with van der Waals surface area (Å²) < 4.78 is 66.9. The summed E-state index contributed by atoms with van der Waals surface area (Å²) in [5.41, 5.74) is 3.55. The molecule has 0 fully saturated rings. The Balaban J connectivity index is 2.94. The third-order valence-corrected chi connectivity index (χ3v) is 4.31. The third kappa shape index (κ3) is 5.20. The number of benzene rings is 1. The van der Waals surface area contributed by atoms with Crippen molar-refractivity contribution < 1.29 is 26.3 Å². The van der Waals surface area contributed by atoms with Crippen molar-refractivity contribution in [2.45, 2.75) is 37.4 Å². The highest BCUT2D eigenvalue weighted by atomic mass is 32.2. The summed E-state index contributed by atoms with van der Waals surface area (Å²) >= 11 is 0. The number of hydrogen-bond donors (Lipinski definition) is 1. The number of nitrogens with two attached hydrogens (primary N) is 1. The standard InChI is InChI=1S/C13H18F3NO3S/c1-12(2,3)20-6-7-21(18,19)11-5-4-9(8-10(11)17)13(14,15)16/h4-5,8H,6-7,17H2,1-3H3. The lowest BCUT2D eigenvalue weighted by Crippen LogP contribution is -2.24. The van der Waals surface area contributed by atoms with Gasteiger partial charge in [0, 0.05) is 0 Å². The Labute approximate surface area is 122 Å². The average Bonchev–Trinajstić information content (AvgIpc) is 2.24. The predicted octanol–water partition coefficient (Wildman–Crippen LogP) is 2.88. The van der Waals surface area contributed by atoms with Crippen molar-refractivity contribution >= 4 is 15.5 Å². The van der Waals surface area contributed by atoms with Gasteiger partial charge in [-0.3, -0.25) is 0 Å². The molecule has 0 unspecified atom stereocenters. The Kier molecular flexibility index (Phi) is 4.94. The van der Waals surface area contributed by atoms with Gasteiger partial charge in [-0.25, -0.2) is 8.42 Å². The van der Waals surface area contributed by atoms with Gasteiger partial charge in [0.25, 0.3) is 0 Å². The first kappa shape index (κ1) is 17.8. The van der Waals surface area contributed by atoms with Crippen LogP contribution in [-0.2, 0) is 20.8 Å². The van der Waals surface area contributed by atoms with Crippen LogP contribution in [0.2, 0.25) is 0 Å². The van der Waals surface area contributed by atoms with E-state index < -0.39 is 32.9 Å². The van der Waals surface area contributed by atoms with Crippen LogP contribution in [-0.4, -0.2) is 26.4 Å². The summed E-state index contributed by atoms with van der Waals surface area (Å²) in [6.45, 7) is 5.25. The molecule has 2 N–H and O–H groups in total. The largest absolute Gasteiger partial charge is 0.416 e. The first-order valence-electron chi connectivity index (χ1n) is 6.16. The molecule has 0 saturated carbocycles. The smallest absolute Gasteiger partial charge is 0.398 e. The normalized spacial score (nSPS) is 13.4. The molecule has 120 valence electrons. The molecule has 1 aromatic carbocycles. The van der Waals surface area contributed by atoms with E-state index in [4.69, 9.17) is 10.5 Å². The lowest BCUT2D eigenvalue weighted by atomic mass is 10.2. The van der Waals surface area contributed by atoms with Crippen LogP contribution < -0.4 is 5.73 Å². The number of halogens is 3. The van der Waals surface area contributed by atoms with Crippen molar-refractivity contribution in [2.24, 2.45) is 0 Å². The van der Waals surface area contributed by atoms with Crippen molar-refractivity contribution in [1.82, 2.24) is 0 Å². The van der Waals surface area contributed by atoms with Gasteiger partial charge in [-0.1, -0.05) is 0 Å². The fourth-order valence-corrected chi connectivity index (χ4v) is 2.79. The van der Waals surface area contributed by atoms with E-state index in [0.717, 1.165) is 6.07 Å². The molecule has 1 rings (SSSR count). The highest BCUT2D eigenvalue weighted by Gasteiger charge is 2.32. The Hall–Kier alpha value is -1.28. The van der Waals surface area contributed by atoms with Crippen molar-refractivity contribution in [2.75, 3.05) is 18.1 Å². The minimum atomic E-state index is -4.56. The quantitative estimate of drug-likeness (QED) is 0.864. The van der Waals surface area contributed by atoms with E-state index >= 15 is 0 Å². The minimum absolute atomic E-state index is 0.0632. The molecular weight excluding hydrogens is 307 g/mol. The Bertz CT molecular complexity index is 604. The number of anilines is 1.